The normalized spacial score (nSPS) is 25.7. The summed E-state index contributed by atoms with van der Waals surface area (Å²) in [6.07, 6.45) is 0.767. The van der Waals surface area contributed by atoms with E-state index < -0.39 is 0 Å². The van der Waals surface area contributed by atoms with Crippen LogP contribution in [-0.2, 0) is 9.53 Å². The minimum Gasteiger partial charge on any atom is -0.380 e. The molecule has 2 aliphatic rings. The summed E-state index contributed by atoms with van der Waals surface area (Å²) in [5.74, 6) is -0.0135. The molecule has 2 unspecified atom stereocenters. The predicted molar refractivity (Wildman–Crippen MR) is 71.6 cm³/mol. The molecular formula is C12H12Cl2N2O2. The number of ether oxygens (including phenoxy) is 1. The molecule has 0 bridgehead atoms. The van der Waals surface area contributed by atoms with Crippen molar-refractivity contribution >= 4 is 40.5 Å². The molecule has 18 heavy (non-hydrogen) atoms. The van der Waals surface area contributed by atoms with E-state index in [1.54, 1.807) is 19.2 Å². The van der Waals surface area contributed by atoms with Gasteiger partial charge >= 0.3 is 0 Å². The Morgan fingerprint density at radius 1 is 1.39 bits per heavy atom. The summed E-state index contributed by atoms with van der Waals surface area (Å²) in [4.78, 5) is 14.0. The maximum Gasteiger partial charge on any atom is 0.247 e. The molecule has 96 valence electrons. The Morgan fingerprint density at radius 2 is 2.11 bits per heavy atom. The third-order valence-electron chi connectivity index (χ3n) is 3.50. The van der Waals surface area contributed by atoms with Gasteiger partial charge < -0.3 is 15.0 Å². The molecule has 1 N–H and O–H groups in total. The number of hydrogen-bond donors (Lipinski definition) is 1. The number of hydrogen-bond acceptors (Lipinski definition) is 3. The van der Waals surface area contributed by atoms with Crippen LogP contribution in [0.1, 0.15) is 6.42 Å². The van der Waals surface area contributed by atoms with E-state index in [4.69, 9.17) is 27.9 Å². The number of carbonyl (C=O) groups excluding carboxylic acids is 1. The number of nitrogens with one attached hydrogen (secondary N) is 1. The Balaban J connectivity index is 2.05. The van der Waals surface area contributed by atoms with Crippen molar-refractivity contribution in [2.45, 2.75) is 18.6 Å². The lowest BCUT2D eigenvalue weighted by molar-refractivity contribution is -0.117. The molecule has 0 aromatic heterocycles. The van der Waals surface area contributed by atoms with E-state index in [9.17, 15) is 4.79 Å². The van der Waals surface area contributed by atoms with Gasteiger partial charge in [0.15, 0.2) is 0 Å². The predicted octanol–water partition coefficient (Wildman–Crippen LogP) is 2.54. The monoisotopic (exact) mass is 286 g/mol. The van der Waals surface area contributed by atoms with Crippen LogP contribution in [0.3, 0.4) is 0 Å². The highest BCUT2D eigenvalue weighted by Crippen LogP contribution is 2.41. The number of fused-ring (bicyclic) bond motifs is 3. The summed E-state index contributed by atoms with van der Waals surface area (Å²) in [5.41, 5.74) is 1.62. The molecule has 4 nitrogen and oxygen atoms in total. The number of amides is 1. The zero-order chi connectivity index (χ0) is 12.9. The minimum absolute atomic E-state index is 0.0135. The van der Waals surface area contributed by atoms with Crippen LogP contribution < -0.4 is 10.2 Å². The molecule has 0 radical (unpaired) electrons. The Morgan fingerprint density at radius 3 is 2.83 bits per heavy atom. The quantitative estimate of drug-likeness (QED) is 0.863. The molecule has 1 amide bonds. The summed E-state index contributed by atoms with van der Waals surface area (Å²) in [6.45, 7) is 0.694. The van der Waals surface area contributed by atoms with Crippen LogP contribution in [-0.4, -0.2) is 31.7 Å². The van der Waals surface area contributed by atoms with Gasteiger partial charge in [-0.3, -0.25) is 4.79 Å². The van der Waals surface area contributed by atoms with E-state index in [1.165, 1.54) is 0 Å². The standard InChI is InChI=1S/C12H12Cl2N2O2/c1-18-6-2-11-12(17)15-9-3-7(13)8(14)4-10(9)16(11)5-6/h3-4,6,11H,2,5H2,1H3,(H,15,17). The van der Waals surface area contributed by atoms with Crippen LogP contribution in [0.2, 0.25) is 10.0 Å². The van der Waals surface area contributed by atoms with Gasteiger partial charge in [-0.2, -0.15) is 0 Å². The number of rotatable bonds is 1. The number of carbonyl (C=O) groups is 1. The van der Waals surface area contributed by atoms with E-state index in [0.717, 1.165) is 5.69 Å². The molecule has 6 heteroatoms. The highest BCUT2D eigenvalue weighted by atomic mass is 35.5. The number of benzene rings is 1. The lowest BCUT2D eigenvalue weighted by Gasteiger charge is -2.33. The topological polar surface area (TPSA) is 41.6 Å². The maximum atomic E-state index is 12.0. The molecule has 0 aliphatic carbocycles. The highest BCUT2D eigenvalue weighted by Gasteiger charge is 2.41. The van der Waals surface area contributed by atoms with Crippen molar-refractivity contribution in [2.75, 3.05) is 23.9 Å². The van der Waals surface area contributed by atoms with Gasteiger partial charge in [0.2, 0.25) is 5.91 Å². The first kappa shape index (κ1) is 12.1. The Labute approximate surface area is 115 Å². The zero-order valence-corrected chi connectivity index (χ0v) is 11.3. The van der Waals surface area contributed by atoms with E-state index in [2.05, 4.69) is 5.32 Å². The van der Waals surface area contributed by atoms with Gasteiger partial charge in [0.05, 0.1) is 27.5 Å². The Bertz CT molecular complexity index is 521. The molecule has 3 rings (SSSR count). The molecule has 1 aromatic carbocycles. The average Bonchev–Trinajstić information content (AvgIpc) is 2.77. The van der Waals surface area contributed by atoms with Gasteiger partial charge in [-0.05, 0) is 12.1 Å². The molecule has 1 aromatic rings. The molecule has 1 fully saturated rings. The summed E-state index contributed by atoms with van der Waals surface area (Å²) >= 11 is 12.0. The first-order chi connectivity index (χ1) is 8.60. The maximum absolute atomic E-state index is 12.0. The molecular weight excluding hydrogens is 275 g/mol. The number of methoxy groups -OCH3 is 1. The highest BCUT2D eigenvalue weighted by molar-refractivity contribution is 6.42. The Kier molecular flexibility index (Phi) is 2.88. The number of nitrogens with zero attached hydrogens (tertiary/aromatic N) is 1. The Hall–Kier alpha value is -0.970. The first-order valence-electron chi connectivity index (χ1n) is 5.69. The molecule has 2 atom stereocenters. The van der Waals surface area contributed by atoms with E-state index in [1.807, 2.05) is 4.90 Å². The van der Waals surface area contributed by atoms with Crippen LogP contribution in [0, 0.1) is 0 Å². The van der Waals surface area contributed by atoms with E-state index in [0.29, 0.717) is 28.7 Å². The van der Waals surface area contributed by atoms with Crippen LogP contribution >= 0.6 is 23.2 Å². The van der Waals surface area contributed by atoms with Gasteiger partial charge in [-0.1, -0.05) is 23.2 Å². The second kappa shape index (κ2) is 4.30. The van der Waals surface area contributed by atoms with Crippen molar-refractivity contribution < 1.29 is 9.53 Å². The first-order valence-corrected chi connectivity index (χ1v) is 6.45. The lowest BCUT2D eigenvalue weighted by atomic mass is 10.1. The lowest BCUT2D eigenvalue weighted by Crippen LogP contribution is -2.43. The largest absolute Gasteiger partial charge is 0.380 e. The molecule has 1 saturated heterocycles. The van der Waals surface area contributed by atoms with Crippen molar-refractivity contribution in [2.24, 2.45) is 0 Å². The second-order valence-corrected chi connectivity index (χ2v) is 5.35. The van der Waals surface area contributed by atoms with Crippen molar-refractivity contribution in [3.63, 3.8) is 0 Å². The van der Waals surface area contributed by atoms with Crippen LogP contribution in [0.15, 0.2) is 12.1 Å². The number of anilines is 2. The van der Waals surface area contributed by atoms with Crippen molar-refractivity contribution in [1.29, 1.82) is 0 Å². The molecule has 2 heterocycles. The SMILES string of the molecule is COC1CC2C(=O)Nc3cc(Cl)c(Cl)cc3N2C1. The van der Waals surface area contributed by atoms with Crippen LogP contribution in [0.4, 0.5) is 11.4 Å². The third-order valence-corrected chi connectivity index (χ3v) is 4.23. The van der Waals surface area contributed by atoms with E-state index >= 15 is 0 Å². The smallest absolute Gasteiger partial charge is 0.247 e. The van der Waals surface area contributed by atoms with Gasteiger partial charge in [-0.15, -0.1) is 0 Å². The van der Waals surface area contributed by atoms with Gasteiger partial charge in [0.25, 0.3) is 0 Å². The van der Waals surface area contributed by atoms with Gasteiger partial charge in [0, 0.05) is 20.1 Å². The minimum atomic E-state index is -0.181. The summed E-state index contributed by atoms with van der Waals surface area (Å²) < 4.78 is 5.34. The summed E-state index contributed by atoms with van der Waals surface area (Å²) in [7, 11) is 1.66. The fraction of sp³-hybridized carbons (Fsp3) is 0.417. The second-order valence-electron chi connectivity index (χ2n) is 4.53. The molecule has 2 aliphatic heterocycles. The average molecular weight is 287 g/mol. The van der Waals surface area contributed by atoms with Gasteiger partial charge in [-0.25, -0.2) is 0 Å². The zero-order valence-electron chi connectivity index (χ0n) is 9.74. The van der Waals surface area contributed by atoms with Crippen LogP contribution in [0.5, 0.6) is 0 Å². The van der Waals surface area contributed by atoms with E-state index in [-0.39, 0.29) is 18.1 Å². The van der Waals surface area contributed by atoms with Crippen molar-refractivity contribution in [3.8, 4) is 0 Å². The third kappa shape index (κ3) is 1.76. The summed E-state index contributed by atoms with van der Waals surface area (Å²) in [5, 5.41) is 3.80. The van der Waals surface area contributed by atoms with Crippen molar-refractivity contribution in [3.05, 3.63) is 22.2 Å². The van der Waals surface area contributed by atoms with Gasteiger partial charge in [0.1, 0.15) is 6.04 Å². The summed E-state index contributed by atoms with van der Waals surface area (Å²) in [6, 6.07) is 3.30. The fourth-order valence-corrected chi connectivity index (χ4v) is 2.89. The van der Waals surface area contributed by atoms with Crippen molar-refractivity contribution in [1.82, 2.24) is 0 Å². The molecule has 0 saturated carbocycles. The number of halogens is 2. The fourth-order valence-electron chi connectivity index (χ4n) is 2.57. The van der Waals surface area contributed by atoms with Crippen LogP contribution in [0.25, 0.3) is 0 Å². The molecule has 0 spiro atoms.